The van der Waals surface area contributed by atoms with Crippen molar-refractivity contribution in [2.75, 3.05) is 0 Å². The molecular formula is C10H16O3. The van der Waals surface area contributed by atoms with Gasteiger partial charge in [-0.05, 0) is 6.42 Å². The van der Waals surface area contributed by atoms with Gasteiger partial charge >= 0.3 is 0 Å². The van der Waals surface area contributed by atoms with Gasteiger partial charge in [0.1, 0.15) is 17.9 Å². The molecule has 0 aliphatic heterocycles. The predicted octanol–water partition coefficient (Wildman–Crippen LogP) is 1.54. The van der Waals surface area contributed by atoms with Gasteiger partial charge in [0.15, 0.2) is 0 Å². The largest absolute Gasteiger partial charge is 0.303 e. The summed E-state index contributed by atoms with van der Waals surface area (Å²) in [6, 6.07) is 0. The maximum Gasteiger partial charge on any atom is 0.143 e. The van der Waals surface area contributed by atoms with Crippen LogP contribution in [0.4, 0.5) is 0 Å². The van der Waals surface area contributed by atoms with Gasteiger partial charge in [-0.3, -0.25) is 9.59 Å². The van der Waals surface area contributed by atoms with Crippen molar-refractivity contribution in [2.24, 2.45) is 5.92 Å². The van der Waals surface area contributed by atoms with E-state index < -0.39 is 5.92 Å². The Hall–Kier alpha value is -0.990. The lowest BCUT2D eigenvalue weighted by Crippen LogP contribution is -2.23. The van der Waals surface area contributed by atoms with E-state index >= 15 is 0 Å². The molecule has 0 bridgehead atoms. The first-order chi connectivity index (χ1) is 6.17. The van der Waals surface area contributed by atoms with E-state index in [4.69, 9.17) is 0 Å². The molecule has 0 aromatic rings. The van der Waals surface area contributed by atoms with Gasteiger partial charge in [0.05, 0.1) is 5.92 Å². The molecule has 3 heteroatoms. The Balaban J connectivity index is 4.26. The molecule has 0 heterocycles. The number of Topliss-reactive ketones (excluding diaryl/α,β-unsaturated/α-hetero) is 2. The minimum Gasteiger partial charge on any atom is -0.303 e. The smallest absolute Gasteiger partial charge is 0.143 e. The van der Waals surface area contributed by atoms with Crippen molar-refractivity contribution in [3.8, 4) is 0 Å². The highest BCUT2D eigenvalue weighted by Gasteiger charge is 2.22. The topological polar surface area (TPSA) is 51.2 Å². The first-order valence-electron chi connectivity index (χ1n) is 4.66. The van der Waals surface area contributed by atoms with Crippen LogP contribution >= 0.6 is 0 Å². The van der Waals surface area contributed by atoms with E-state index in [0.29, 0.717) is 25.7 Å². The molecule has 13 heavy (non-hydrogen) atoms. The van der Waals surface area contributed by atoms with E-state index in [1.165, 1.54) is 0 Å². The van der Waals surface area contributed by atoms with Crippen LogP contribution in [0.2, 0.25) is 0 Å². The molecule has 0 spiro atoms. The Kier molecular flexibility index (Phi) is 6.02. The van der Waals surface area contributed by atoms with Crippen LogP contribution < -0.4 is 0 Å². The van der Waals surface area contributed by atoms with Crippen molar-refractivity contribution in [3.63, 3.8) is 0 Å². The first-order valence-corrected chi connectivity index (χ1v) is 4.66. The Morgan fingerprint density at radius 2 is 1.62 bits per heavy atom. The maximum absolute atomic E-state index is 11.3. The van der Waals surface area contributed by atoms with Crippen molar-refractivity contribution in [1.82, 2.24) is 0 Å². The van der Waals surface area contributed by atoms with Crippen LogP contribution in [0.15, 0.2) is 0 Å². The SMILES string of the molecule is CCC(=O)C(CCC=O)C(=O)CC. The molecule has 0 unspecified atom stereocenters. The summed E-state index contributed by atoms with van der Waals surface area (Å²) in [7, 11) is 0. The van der Waals surface area contributed by atoms with Crippen molar-refractivity contribution in [1.29, 1.82) is 0 Å². The number of carbonyl (C=O) groups is 3. The monoisotopic (exact) mass is 184 g/mol. The molecular weight excluding hydrogens is 168 g/mol. The summed E-state index contributed by atoms with van der Waals surface area (Å²) in [5.41, 5.74) is 0. The fourth-order valence-electron chi connectivity index (χ4n) is 1.23. The number of hydrogen-bond acceptors (Lipinski definition) is 3. The number of ketones is 2. The van der Waals surface area contributed by atoms with E-state index in [1.54, 1.807) is 13.8 Å². The second kappa shape index (κ2) is 6.52. The molecule has 0 N–H and O–H groups in total. The van der Waals surface area contributed by atoms with Crippen LogP contribution in [0.25, 0.3) is 0 Å². The molecule has 0 saturated carbocycles. The Labute approximate surface area is 78.5 Å². The highest BCUT2D eigenvalue weighted by molar-refractivity contribution is 6.02. The average Bonchev–Trinajstić information content (AvgIpc) is 2.17. The molecule has 0 aliphatic rings. The van der Waals surface area contributed by atoms with Gasteiger partial charge in [-0.1, -0.05) is 13.8 Å². The Morgan fingerprint density at radius 1 is 1.15 bits per heavy atom. The fraction of sp³-hybridized carbons (Fsp3) is 0.700. The minimum atomic E-state index is -0.541. The van der Waals surface area contributed by atoms with E-state index in [2.05, 4.69) is 0 Å². The number of rotatable bonds is 7. The van der Waals surface area contributed by atoms with E-state index in [0.717, 1.165) is 6.29 Å². The van der Waals surface area contributed by atoms with Gasteiger partial charge in [-0.15, -0.1) is 0 Å². The number of hydrogen-bond donors (Lipinski definition) is 0. The molecule has 0 amide bonds. The molecule has 0 aliphatic carbocycles. The molecule has 3 nitrogen and oxygen atoms in total. The lowest BCUT2D eigenvalue weighted by Gasteiger charge is -2.10. The second-order valence-corrected chi connectivity index (χ2v) is 2.94. The van der Waals surface area contributed by atoms with Crippen LogP contribution in [0, 0.1) is 5.92 Å². The van der Waals surface area contributed by atoms with E-state index in [-0.39, 0.29) is 11.6 Å². The average molecular weight is 184 g/mol. The van der Waals surface area contributed by atoms with Gasteiger partial charge in [0, 0.05) is 19.3 Å². The minimum absolute atomic E-state index is 0.0475. The summed E-state index contributed by atoms with van der Waals surface area (Å²) in [4.78, 5) is 32.7. The number of aldehydes is 1. The maximum atomic E-state index is 11.3. The summed E-state index contributed by atoms with van der Waals surface area (Å²) < 4.78 is 0. The quantitative estimate of drug-likeness (QED) is 0.445. The van der Waals surface area contributed by atoms with Gasteiger partial charge in [0.2, 0.25) is 0 Å². The molecule has 0 saturated heterocycles. The lowest BCUT2D eigenvalue weighted by molar-refractivity contribution is -0.132. The summed E-state index contributed by atoms with van der Waals surface area (Å²) >= 11 is 0. The standard InChI is InChI=1S/C10H16O3/c1-3-9(12)8(6-5-7-11)10(13)4-2/h7-8H,3-6H2,1-2H3. The van der Waals surface area contributed by atoms with E-state index in [9.17, 15) is 14.4 Å². The lowest BCUT2D eigenvalue weighted by atomic mass is 9.91. The molecule has 0 fully saturated rings. The predicted molar refractivity (Wildman–Crippen MR) is 49.4 cm³/mol. The van der Waals surface area contributed by atoms with Gasteiger partial charge < -0.3 is 4.79 Å². The van der Waals surface area contributed by atoms with Crippen LogP contribution in [0.3, 0.4) is 0 Å². The normalized spacial score (nSPS) is 10.1. The van der Waals surface area contributed by atoms with E-state index in [1.807, 2.05) is 0 Å². The first kappa shape index (κ1) is 12.0. The molecule has 0 aromatic heterocycles. The highest BCUT2D eigenvalue weighted by Crippen LogP contribution is 2.12. The molecule has 0 rings (SSSR count). The van der Waals surface area contributed by atoms with Crippen molar-refractivity contribution >= 4 is 17.9 Å². The summed E-state index contributed by atoms with van der Waals surface area (Å²) in [5.74, 6) is -0.636. The second-order valence-electron chi connectivity index (χ2n) is 2.94. The highest BCUT2D eigenvalue weighted by atomic mass is 16.2. The zero-order valence-corrected chi connectivity index (χ0v) is 8.21. The van der Waals surface area contributed by atoms with Crippen LogP contribution in [0.5, 0.6) is 0 Å². The third kappa shape index (κ3) is 3.97. The summed E-state index contributed by atoms with van der Waals surface area (Å²) in [6.07, 6.45) is 2.16. The molecule has 0 atom stereocenters. The third-order valence-electron chi connectivity index (χ3n) is 2.05. The molecule has 74 valence electrons. The number of carbonyl (C=O) groups excluding carboxylic acids is 3. The fourth-order valence-corrected chi connectivity index (χ4v) is 1.23. The zero-order valence-electron chi connectivity index (χ0n) is 8.21. The molecule has 0 aromatic carbocycles. The molecule has 0 radical (unpaired) electrons. The third-order valence-corrected chi connectivity index (χ3v) is 2.05. The van der Waals surface area contributed by atoms with Gasteiger partial charge in [0.25, 0.3) is 0 Å². The summed E-state index contributed by atoms with van der Waals surface area (Å²) in [6.45, 7) is 3.47. The van der Waals surface area contributed by atoms with Crippen molar-refractivity contribution in [3.05, 3.63) is 0 Å². The van der Waals surface area contributed by atoms with Crippen LogP contribution in [-0.2, 0) is 14.4 Å². The van der Waals surface area contributed by atoms with Crippen LogP contribution in [0.1, 0.15) is 39.5 Å². The van der Waals surface area contributed by atoms with Crippen LogP contribution in [-0.4, -0.2) is 17.9 Å². The van der Waals surface area contributed by atoms with Crippen molar-refractivity contribution in [2.45, 2.75) is 39.5 Å². The zero-order chi connectivity index (χ0) is 10.3. The van der Waals surface area contributed by atoms with Gasteiger partial charge in [-0.25, -0.2) is 0 Å². The summed E-state index contributed by atoms with van der Waals surface area (Å²) in [5, 5.41) is 0. The van der Waals surface area contributed by atoms with Crippen molar-refractivity contribution < 1.29 is 14.4 Å². The Morgan fingerprint density at radius 3 is 1.92 bits per heavy atom. The Bertz CT molecular complexity index is 180. The van der Waals surface area contributed by atoms with Gasteiger partial charge in [-0.2, -0.15) is 0 Å².